The number of rotatable bonds is 4. The van der Waals surface area contributed by atoms with Crippen molar-refractivity contribution >= 4 is 17.4 Å². The summed E-state index contributed by atoms with van der Waals surface area (Å²) in [6.07, 6.45) is 1.60. The van der Waals surface area contributed by atoms with E-state index in [0.717, 1.165) is 28.7 Å². The molecule has 0 spiro atoms. The van der Waals surface area contributed by atoms with Crippen molar-refractivity contribution in [3.05, 3.63) is 35.9 Å². The van der Waals surface area contributed by atoms with E-state index in [1.165, 1.54) is 5.56 Å². The van der Waals surface area contributed by atoms with Crippen molar-refractivity contribution in [1.29, 1.82) is 0 Å². The molecule has 5 heteroatoms. The van der Waals surface area contributed by atoms with Gasteiger partial charge in [-0.15, -0.1) is 11.8 Å². The van der Waals surface area contributed by atoms with E-state index >= 15 is 0 Å². The van der Waals surface area contributed by atoms with Crippen molar-refractivity contribution < 1.29 is 0 Å². The van der Waals surface area contributed by atoms with Crippen LogP contribution in [0.1, 0.15) is 18.3 Å². The van der Waals surface area contributed by atoms with Crippen LogP contribution in [0.2, 0.25) is 0 Å². The third-order valence-corrected chi connectivity index (χ3v) is 3.60. The van der Waals surface area contributed by atoms with Gasteiger partial charge >= 0.3 is 0 Å². The summed E-state index contributed by atoms with van der Waals surface area (Å²) in [4.78, 5) is 5.34. The molecule has 0 unspecified atom stereocenters. The minimum Gasteiger partial charge on any atom is -0.398 e. The van der Waals surface area contributed by atoms with Gasteiger partial charge in [-0.1, -0.05) is 6.07 Å². The van der Waals surface area contributed by atoms with Crippen LogP contribution in [-0.2, 0) is 12.3 Å². The lowest BCUT2D eigenvalue weighted by Crippen LogP contribution is -2.02. The minimum atomic E-state index is 0.793. The maximum absolute atomic E-state index is 5.97. The molecule has 90 valence electrons. The molecule has 0 radical (unpaired) electrons. The summed E-state index contributed by atoms with van der Waals surface area (Å²) in [7, 11) is 0. The smallest absolute Gasteiger partial charge is 0.138 e. The fourth-order valence-corrected chi connectivity index (χ4v) is 2.50. The molecule has 1 aromatic heterocycles. The molecule has 1 heterocycles. The Bertz CT molecular complexity index is 507. The zero-order valence-electron chi connectivity index (χ0n) is 10.1. The minimum absolute atomic E-state index is 0.793. The van der Waals surface area contributed by atoms with Gasteiger partial charge in [-0.2, -0.15) is 5.10 Å². The molecule has 0 aliphatic heterocycles. The zero-order valence-corrected chi connectivity index (χ0v) is 10.9. The monoisotopic (exact) mass is 248 g/mol. The molecule has 2 rings (SSSR count). The summed E-state index contributed by atoms with van der Waals surface area (Å²) in [5.74, 6) is 1.78. The molecular weight excluding hydrogens is 232 g/mol. The summed E-state index contributed by atoms with van der Waals surface area (Å²) in [6, 6.07) is 6.12. The molecule has 2 N–H and O–H groups in total. The first-order valence-electron chi connectivity index (χ1n) is 5.56. The number of aryl methyl sites for hydroxylation is 2. The summed E-state index contributed by atoms with van der Waals surface area (Å²) >= 11 is 1.69. The molecule has 1 aromatic carbocycles. The molecular formula is C12H16N4S. The lowest BCUT2D eigenvalue weighted by molar-refractivity contribution is 0.632. The Balaban J connectivity index is 2.07. The molecule has 0 fully saturated rings. The molecule has 2 aromatic rings. The average molecular weight is 248 g/mol. The molecule has 0 atom stereocenters. The Hall–Kier alpha value is -1.49. The van der Waals surface area contributed by atoms with Crippen LogP contribution in [-0.4, -0.2) is 14.8 Å². The lowest BCUT2D eigenvalue weighted by atomic mass is 10.2. The van der Waals surface area contributed by atoms with E-state index in [1.807, 2.05) is 17.7 Å². The number of nitrogens with two attached hydrogens (primary N) is 1. The van der Waals surface area contributed by atoms with Crippen molar-refractivity contribution in [2.45, 2.75) is 31.0 Å². The molecule has 0 saturated heterocycles. The van der Waals surface area contributed by atoms with Crippen LogP contribution >= 0.6 is 11.8 Å². The molecule has 0 aliphatic carbocycles. The van der Waals surface area contributed by atoms with Crippen LogP contribution in [0.25, 0.3) is 0 Å². The van der Waals surface area contributed by atoms with E-state index in [2.05, 4.69) is 29.1 Å². The summed E-state index contributed by atoms with van der Waals surface area (Å²) in [6.45, 7) is 4.95. The molecule has 0 aliphatic rings. The molecule has 17 heavy (non-hydrogen) atoms. The number of thioether (sulfide) groups is 1. The van der Waals surface area contributed by atoms with Crippen molar-refractivity contribution in [2.75, 3.05) is 5.73 Å². The van der Waals surface area contributed by atoms with E-state index in [9.17, 15) is 0 Å². The first kappa shape index (κ1) is 12.0. The van der Waals surface area contributed by atoms with Gasteiger partial charge in [0, 0.05) is 17.1 Å². The number of hydrogen-bond acceptors (Lipinski definition) is 4. The predicted octanol–water partition coefficient (Wildman–Crippen LogP) is 2.48. The first-order chi connectivity index (χ1) is 8.20. The van der Waals surface area contributed by atoms with Crippen LogP contribution in [0, 0.1) is 6.92 Å². The highest BCUT2D eigenvalue weighted by Gasteiger charge is 2.05. The van der Waals surface area contributed by atoms with E-state index in [-0.39, 0.29) is 0 Å². The van der Waals surface area contributed by atoms with E-state index in [0.29, 0.717) is 0 Å². The highest BCUT2D eigenvalue weighted by Crippen LogP contribution is 2.28. The van der Waals surface area contributed by atoms with Crippen molar-refractivity contribution in [3.8, 4) is 0 Å². The predicted molar refractivity (Wildman–Crippen MR) is 70.8 cm³/mol. The van der Waals surface area contributed by atoms with Gasteiger partial charge in [0.25, 0.3) is 0 Å². The highest BCUT2D eigenvalue weighted by molar-refractivity contribution is 7.98. The quantitative estimate of drug-likeness (QED) is 0.667. The van der Waals surface area contributed by atoms with Crippen LogP contribution in [0.5, 0.6) is 0 Å². The SMILES string of the molecule is CCn1ncnc1CSc1ccc(C)cc1N. The number of nitrogen functional groups attached to an aromatic ring is 1. The van der Waals surface area contributed by atoms with E-state index < -0.39 is 0 Å². The normalized spacial score (nSPS) is 10.7. The van der Waals surface area contributed by atoms with Gasteiger partial charge in [0.1, 0.15) is 12.2 Å². The summed E-state index contributed by atoms with van der Waals surface area (Å²) < 4.78 is 1.90. The Morgan fingerprint density at radius 3 is 2.94 bits per heavy atom. The van der Waals surface area contributed by atoms with Gasteiger partial charge in [0.2, 0.25) is 0 Å². The molecule has 4 nitrogen and oxygen atoms in total. The van der Waals surface area contributed by atoms with Gasteiger partial charge in [-0.05, 0) is 31.5 Å². The Kier molecular flexibility index (Phi) is 3.68. The van der Waals surface area contributed by atoms with Gasteiger partial charge in [0.05, 0.1) is 5.75 Å². The molecule has 0 saturated carbocycles. The fraction of sp³-hybridized carbons (Fsp3) is 0.333. The zero-order chi connectivity index (χ0) is 12.3. The van der Waals surface area contributed by atoms with Gasteiger partial charge < -0.3 is 5.73 Å². The Morgan fingerprint density at radius 2 is 2.24 bits per heavy atom. The second-order valence-corrected chi connectivity index (χ2v) is 4.84. The molecule has 0 bridgehead atoms. The maximum Gasteiger partial charge on any atom is 0.138 e. The lowest BCUT2D eigenvalue weighted by Gasteiger charge is -2.06. The average Bonchev–Trinajstić information content (AvgIpc) is 2.75. The van der Waals surface area contributed by atoms with Crippen LogP contribution in [0.4, 0.5) is 5.69 Å². The highest BCUT2D eigenvalue weighted by atomic mass is 32.2. The third-order valence-electron chi connectivity index (χ3n) is 2.52. The Labute approximate surface area is 105 Å². The number of aromatic nitrogens is 3. The number of anilines is 1. The third kappa shape index (κ3) is 2.79. The van der Waals surface area contributed by atoms with Gasteiger partial charge in [-0.25, -0.2) is 9.67 Å². The van der Waals surface area contributed by atoms with Crippen molar-refractivity contribution in [1.82, 2.24) is 14.8 Å². The van der Waals surface area contributed by atoms with Crippen LogP contribution in [0.3, 0.4) is 0 Å². The van der Waals surface area contributed by atoms with Crippen molar-refractivity contribution in [3.63, 3.8) is 0 Å². The van der Waals surface area contributed by atoms with Gasteiger partial charge in [-0.3, -0.25) is 0 Å². The maximum atomic E-state index is 5.97. The van der Waals surface area contributed by atoms with E-state index in [1.54, 1.807) is 18.1 Å². The standard InChI is InChI=1S/C12H16N4S/c1-3-16-12(14-8-15-16)7-17-11-5-4-9(2)6-10(11)13/h4-6,8H,3,7,13H2,1-2H3. The fourth-order valence-electron chi connectivity index (χ4n) is 1.61. The summed E-state index contributed by atoms with van der Waals surface area (Å²) in [5.41, 5.74) is 7.98. The Morgan fingerprint density at radius 1 is 1.41 bits per heavy atom. The molecule has 0 amide bonds. The second kappa shape index (κ2) is 5.23. The van der Waals surface area contributed by atoms with Crippen LogP contribution < -0.4 is 5.73 Å². The summed E-state index contributed by atoms with van der Waals surface area (Å²) in [5, 5.41) is 4.14. The topological polar surface area (TPSA) is 56.7 Å². The van der Waals surface area contributed by atoms with Crippen molar-refractivity contribution in [2.24, 2.45) is 0 Å². The van der Waals surface area contributed by atoms with Gasteiger partial charge in [0.15, 0.2) is 0 Å². The number of benzene rings is 1. The number of hydrogen-bond donors (Lipinski definition) is 1. The first-order valence-corrected chi connectivity index (χ1v) is 6.55. The second-order valence-electron chi connectivity index (χ2n) is 3.82. The number of nitrogens with zero attached hydrogens (tertiary/aromatic N) is 3. The van der Waals surface area contributed by atoms with E-state index in [4.69, 9.17) is 5.73 Å². The largest absolute Gasteiger partial charge is 0.398 e. The van der Waals surface area contributed by atoms with Crippen LogP contribution in [0.15, 0.2) is 29.4 Å².